The maximum absolute atomic E-state index is 11.7. The molecule has 0 radical (unpaired) electrons. The van der Waals surface area contributed by atoms with E-state index in [2.05, 4.69) is 13.8 Å². The third-order valence-electron chi connectivity index (χ3n) is 2.90. The second kappa shape index (κ2) is 4.59. The van der Waals surface area contributed by atoms with Crippen LogP contribution in [0.4, 0.5) is 0 Å². The van der Waals surface area contributed by atoms with Crippen LogP contribution in [-0.2, 0) is 4.79 Å². The molecule has 0 amide bonds. The van der Waals surface area contributed by atoms with Gasteiger partial charge in [0.05, 0.1) is 0 Å². The van der Waals surface area contributed by atoms with Crippen LogP contribution in [0.3, 0.4) is 0 Å². The predicted octanol–water partition coefficient (Wildman–Crippen LogP) is 3.49. The zero-order valence-electron chi connectivity index (χ0n) is 9.02. The van der Waals surface area contributed by atoms with Gasteiger partial charge >= 0.3 is 0 Å². The van der Waals surface area contributed by atoms with Crippen LogP contribution in [0.1, 0.15) is 52.9 Å². The molecule has 13 heavy (non-hydrogen) atoms. The molecule has 1 rings (SSSR count). The number of carbonyl (C=O) groups is 1. The van der Waals surface area contributed by atoms with Crippen molar-refractivity contribution in [3.8, 4) is 0 Å². The smallest absolute Gasteiger partial charge is 0.161 e. The molecule has 0 aliphatic heterocycles. The van der Waals surface area contributed by atoms with Crippen molar-refractivity contribution in [2.45, 2.75) is 52.9 Å². The molecule has 0 heterocycles. The number of Topliss-reactive ketones (excluding diaryl/α,β-unsaturated/α-hetero) is 1. The van der Waals surface area contributed by atoms with Crippen LogP contribution < -0.4 is 0 Å². The summed E-state index contributed by atoms with van der Waals surface area (Å²) < 4.78 is 0. The van der Waals surface area contributed by atoms with Crippen LogP contribution >= 0.6 is 0 Å². The summed E-state index contributed by atoms with van der Waals surface area (Å²) in [4.78, 5) is 11.7. The van der Waals surface area contributed by atoms with E-state index in [1.807, 2.05) is 6.92 Å². The van der Waals surface area contributed by atoms with Gasteiger partial charge in [0.1, 0.15) is 0 Å². The van der Waals surface area contributed by atoms with E-state index in [0.717, 1.165) is 18.4 Å². The van der Waals surface area contributed by atoms with E-state index in [9.17, 15) is 4.79 Å². The summed E-state index contributed by atoms with van der Waals surface area (Å²) in [6.45, 7) is 6.35. The summed E-state index contributed by atoms with van der Waals surface area (Å²) in [5.74, 6) is 0.672. The summed E-state index contributed by atoms with van der Waals surface area (Å²) in [5.41, 5.74) is 2.48. The number of unbranched alkanes of at least 4 members (excludes halogenated alkanes) is 2. The first-order valence-corrected chi connectivity index (χ1v) is 5.39. The van der Waals surface area contributed by atoms with Crippen molar-refractivity contribution in [3.05, 3.63) is 11.1 Å². The van der Waals surface area contributed by atoms with E-state index < -0.39 is 0 Å². The van der Waals surface area contributed by atoms with Gasteiger partial charge in [-0.15, -0.1) is 0 Å². The SMILES string of the molecule is CCCCCC1=C(C)C[C@@H](C)C1=O. The van der Waals surface area contributed by atoms with Crippen molar-refractivity contribution in [1.29, 1.82) is 0 Å². The van der Waals surface area contributed by atoms with Crippen molar-refractivity contribution in [3.63, 3.8) is 0 Å². The van der Waals surface area contributed by atoms with Gasteiger partial charge in [0, 0.05) is 5.92 Å². The van der Waals surface area contributed by atoms with Gasteiger partial charge in [0.15, 0.2) is 5.78 Å². The fraction of sp³-hybridized carbons (Fsp3) is 0.750. The molecule has 1 atom stereocenters. The Balaban J connectivity index is 2.48. The van der Waals surface area contributed by atoms with Gasteiger partial charge < -0.3 is 0 Å². The zero-order chi connectivity index (χ0) is 9.84. The van der Waals surface area contributed by atoms with Crippen LogP contribution in [0, 0.1) is 5.92 Å². The predicted molar refractivity (Wildman–Crippen MR) is 55.6 cm³/mol. The number of hydrogen-bond acceptors (Lipinski definition) is 1. The third kappa shape index (κ3) is 2.43. The van der Waals surface area contributed by atoms with Crippen LogP contribution in [-0.4, -0.2) is 5.78 Å². The van der Waals surface area contributed by atoms with E-state index in [1.165, 1.54) is 24.8 Å². The molecule has 0 spiro atoms. The highest BCUT2D eigenvalue weighted by atomic mass is 16.1. The fourth-order valence-electron chi connectivity index (χ4n) is 2.07. The Kier molecular flexibility index (Phi) is 3.71. The zero-order valence-corrected chi connectivity index (χ0v) is 9.02. The number of ketones is 1. The number of hydrogen-bond donors (Lipinski definition) is 0. The van der Waals surface area contributed by atoms with Crippen LogP contribution in [0.25, 0.3) is 0 Å². The Morgan fingerprint density at radius 2 is 2.08 bits per heavy atom. The van der Waals surface area contributed by atoms with Crippen LogP contribution in [0.5, 0.6) is 0 Å². The Labute approximate surface area is 81.2 Å². The average molecular weight is 180 g/mol. The Morgan fingerprint density at radius 1 is 1.38 bits per heavy atom. The van der Waals surface area contributed by atoms with E-state index >= 15 is 0 Å². The average Bonchev–Trinajstić information content (AvgIpc) is 2.32. The normalized spacial score (nSPS) is 23.0. The molecule has 0 N–H and O–H groups in total. The fourth-order valence-corrected chi connectivity index (χ4v) is 2.07. The lowest BCUT2D eigenvalue weighted by Crippen LogP contribution is -2.05. The minimum absolute atomic E-state index is 0.261. The molecule has 0 aromatic rings. The van der Waals surface area contributed by atoms with E-state index in [-0.39, 0.29) is 5.92 Å². The molecule has 0 saturated heterocycles. The molecule has 1 nitrogen and oxygen atoms in total. The lowest BCUT2D eigenvalue weighted by molar-refractivity contribution is -0.118. The molecule has 1 aliphatic carbocycles. The van der Waals surface area contributed by atoms with Crippen LogP contribution in [0.2, 0.25) is 0 Å². The van der Waals surface area contributed by atoms with Crippen molar-refractivity contribution in [1.82, 2.24) is 0 Å². The number of allylic oxidation sites excluding steroid dienone is 2. The van der Waals surface area contributed by atoms with Crippen molar-refractivity contribution in [2.24, 2.45) is 5.92 Å². The van der Waals surface area contributed by atoms with Gasteiger partial charge in [0.2, 0.25) is 0 Å². The molecular weight excluding hydrogens is 160 g/mol. The Bertz CT molecular complexity index is 225. The molecule has 1 heteroatoms. The minimum atomic E-state index is 0.261. The molecular formula is C12H20O. The number of rotatable bonds is 4. The highest BCUT2D eigenvalue weighted by Gasteiger charge is 2.26. The molecule has 0 aromatic carbocycles. The van der Waals surface area contributed by atoms with Crippen molar-refractivity contribution >= 4 is 5.78 Å². The first-order valence-electron chi connectivity index (χ1n) is 5.39. The molecule has 0 aromatic heterocycles. The maximum Gasteiger partial charge on any atom is 0.161 e. The van der Waals surface area contributed by atoms with E-state index in [1.54, 1.807) is 0 Å². The largest absolute Gasteiger partial charge is 0.294 e. The second-order valence-electron chi connectivity index (χ2n) is 4.19. The van der Waals surface area contributed by atoms with E-state index in [0.29, 0.717) is 5.78 Å². The standard InChI is InChI=1S/C12H20O/c1-4-5-6-7-11-9(2)8-10(3)12(11)13/h10H,4-8H2,1-3H3/t10-/m1/s1. The third-order valence-corrected chi connectivity index (χ3v) is 2.90. The second-order valence-corrected chi connectivity index (χ2v) is 4.19. The summed E-state index contributed by atoms with van der Waals surface area (Å²) in [6, 6.07) is 0. The summed E-state index contributed by atoms with van der Waals surface area (Å²) in [5, 5.41) is 0. The van der Waals surface area contributed by atoms with Gasteiger partial charge in [-0.25, -0.2) is 0 Å². The minimum Gasteiger partial charge on any atom is -0.294 e. The lowest BCUT2D eigenvalue weighted by Gasteiger charge is -2.02. The Morgan fingerprint density at radius 3 is 2.54 bits per heavy atom. The highest BCUT2D eigenvalue weighted by Crippen LogP contribution is 2.30. The van der Waals surface area contributed by atoms with Crippen molar-refractivity contribution < 1.29 is 4.79 Å². The Hall–Kier alpha value is -0.590. The van der Waals surface area contributed by atoms with Gasteiger partial charge in [-0.1, -0.05) is 32.3 Å². The lowest BCUT2D eigenvalue weighted by atomic mass is 10.0. The molecule has 74 valence electrons. The molecule has 0 fully saturated rings. The van der Waals surface area contributed by atoms with Gasteiger partial charge in [0.25, 0.3) is 0 Å². The molecule has 1 aliphatic rings. The summed E-state index contributed by atoms with van der Waals surface area (Å²) in [7, 11) is 0. The summed E-state index contributed by atoms with van der Waals surface area (Å²) in [6.07, 6.45) is 5.68. The first-order chi connectivity index (χ1) is 6.16. The van der Waals surface area contributed by atoms with E-state index in [4.69, 9.17) is 0 Å². The quantitative estimate of drug-likeness (QED) is 0.605. The van der Waals surface area contributed by atoms with Crippen molar-refractivity contribution in [2.75, 3.05) is 0 Å². The monoisotopic (exact) mass is 180 g/mol. The summed E-state index contributed by atoms with van der Waals surface area (Å²) >= 11 is 0. The molecule has 0 bridgehead atoms. The molecule has 0 saturated carbocycles. The van der Waals surface area contributed by atoms with Gasteiger partial charge in [-0.3, -0.25) is 4.79 Å². The van der Waals surface area contributed by atoms with Gasteiger partial charge in [-0.05, 0) is 31.8 Å². The molecule has 0 unspecified atom stereocenters. The topological polar surface area (TPSA) is 17.1 Å². The first kappa shape index (κ1) is 10.5. The van der Waals surface area contributed by atoms with Crippen LogP contribution in [0.15, 0.2) is 11.1 Å². The number of carbonyl (C=O) groups excluding carboxylic acids is 1. The van der Waals surface area contributed by atoms with Gasteiger partial charge in [-0.2, -0.15) is 0 Å². The highest BCUT2D eigenvalue weighted by molar-refractivity contribution is 6.00. The maximum atomic E-state index is 11.7.